The van der Waals surface area contributed by atoms with Crippen molar-refractivity contribution in [1.29, 1.82) is 0 Å². The Labute approximate surface area is 159 Å². The summed E-state index contributed by atoms with van der Waals surface area (Å²) < 4.78 is 0. The largest absolute Gasteiger partial charge is 0.481 e. The van der Waals surface area contributed by atoms with Crippen LogP contribution in [0.1, 0.15) is 97.8 Å². The topological polar surface area (TPSA) is 74.6 Å². The summed E-state index contributed by atoms with van der Waals surface area (Å²) in [6.45, 7) is 6.07. The Morgan fingerprint density at radius 3 is 2.50 bits per heavy atom. The molecule has 4 heteroatoms. The van der Waals surface area contributed by atoms with E-state index in [9.17, 15) is 14.7 Å². The molecule has 26 heavy (non-hydrogen) atoms. The molecule has 1 fully saturated rings. The molecular weight excluding hydrogens is 328 g/mol. The third-order valence-electron chi connectivity index (χ3n) is 5.69. The lowest BCUT2D eigenvalue weighted by molar-refractivity contribution is -0.137. The highest BCUT2D eigenvalue weighted by molar-refractivity contribution is 5.83. The van der Waals surface area contributed by atoms with E-state index in [1.165, 1.54) is 5.57 Å². The summed E-state index contributed by atoms with van der Waals surface area (Å²) in [5.74, 6) is 0.233. The van der Waals surface area contributed by atoms with Gasteiger partial charge in [0, 0.05) is 18.8 Å². The average Bonchev–Trinajstić information content (AvgIpc) is 2.88. The summed E-state index contributed by atoms with van der Waals surface area (Å²) in [7, 11) is 0. The number of aliphatic hydroxyl groups is 1. The molecule has 0 saturated heterocycles. The zero-order chi connectivity index (χ0) is 19.6. The van der Waals surface area contributed by atoms with Crippen molar-refractivity contribution in [3.05, 3.63) is 11.6 Å². The first-order valence-electron chi connectivity index (χ1n) is 10.3. The maximum Gasteiger partial charge on any atom is 0.303 e. The van der Waals surface area contributed by atoms with Gasteiger partial charge in [0.1, 0.15) is 5.78 Å². The van der Waals surface area contributed by atoms with Crippen LogP contribution in [0.4, 0.5) is 0 Å². The minimum Gasteiger partial charge on any atom is -0.481 e. The molecule has 1 aliphatic carbocycles. The van der Waals surface area contributed by atoms with Gasteiger partial charge in [-0.15, -0.1) is 0 Å². The number of Topliss-reactive ketones (excluding diaryl/α,β-unsaturated/α-hetero) is 1. The third-order valence-corrected chi connectivity index (χ3v) is 5.69. The maximum absolute atomic E-state index is 12.2. The number of carboxylic acid groups (broad SMARTS) is 1. The summed E-state index contributed by atoms with van der Waals surface area (Å²) in [6, 6.07) is 0. The second kappa shape index (κ2) is 11.5. The van der Waals surface area contributed by atoms with Gasteiger partial charge in [0.25, 0.3) is 0 Å². The van der Waals surface area contributed by atoms with Crippen molar-refractivity contribution in [3.8, 4) is 0 Å². The van der Waals surface area contributed by atoms with E-state index < -0.39 is 11.6 Å². The molecule has 0 aromatic rings. The molecule has 4 nitrogen and oxygen atoms in total. The van der Waals surface area contributed by atoms with Gasteiger partial charge >= 0.3 is 5.97 Å². The van der Waals surface area contributed by atoms with Crippen molar-refractivity contribution in [2.75, 3.05) is 0 Å². The van der Waals surface area contributed by atoms with Crippen molar-refractivity contribution in [2.45, 2.75) is 103 Å². The summed E-state index contributed by atoms with van der Waals surface area (Å²) in [6.07, 6.45) is 12.0. The van der Waals surface area contributed by atoms with Crippen LogP contribution in [-0.2, 0) is 9.59 Å². The predicted molar refractivity (Wildman–Crippen MR) is 105 cm³/mol. The van der Waals surface area contributed by atoms with E-state index in [1.807, 2.05) is 6.92 Å². The fourth-order valence-electron chi connectivity index (χ4n) is 4.01. The number of carboxylic acids is 1. The Bertz CT molecular complexity index is 475. The minimum atomic E-state index is -0.729. The number of rotatable bonds is 13. The first-order valence-corrected chi connectivity index (χ1v) is 10.3. The lowest BCUT2D eigenvalue weighted by Gasteiger charge is -2.26. The number of carbonyl (C=O) groups excluding carboxylic acids is 1. The molecule has 0 aromatic carbocycles. The van der Waals surface area contributed by atoms with E-state index in [1.54, 1.807) is 0 Å². The van der Waals surface area contributed by atoms with Crippen LogP contribution in [-0.4, -0.2) is 27.6 Å². The van der Waals surface area contributed by atoms with Crippen LogP contribution in [0.25, 0.3) is 0 Å². The van der Waals surface area contributed by atoms with Crippen molar-refractivity contribution >= 4 is 11.8 Å². The molecular formula is C22H38O4. The van der Waals surface area contributed by atoms with E-state index in [-0.39, 0.29) is 12.3 Å². The number of ketones is 1. The molecule has 0 aliphatic heterocycles. The highest BCUT2D eigenvalue weighted by Crippen LogP contribution is 2.37. The Morgan fingerprint density at radius 2 is 1.85 bits per heavy atom. The second-order valence-electron chi connectivity index (χ2n) is 8.57. The maximum atomic E-state index is 12.2. The van der Waals surface area contributed by atoms with Crippen molar-refractivity contribution in [1.82, 2.24) is 0 Å². The number of allylic oxidation sites excluding steroid dienone is 2. The van der Waals surface area contributed by atoms with Gasteiger partial charge in [0.2, 0.25) is 0 Å². The molecule has 1 aliphatic rings. The van der Waals surface area contributed by atoms with Gasteiger partial charge in [-0.1, -0.05) is 30.9 Å². The Balaban J connectivity index is 2.32. The Morgan fingerprint density at radius 1 is 1.15 bits per heavy atom. The van der Waals surface area contributed by atoms with Crippen LogP contribution >= 0.6 is 0 Å². The monoisotopic (exact) mass is 366 g/mol. The van der Waals surface area contributed by atoms with Gasteiger partial charge in [-0.05, 0) is 71.6 Å². The van der Waals surface area contributed by atoms with Gasteiger partial charge in [-0.25, -0.2) is 0 Å². The lowest BCUT2D eigenvalue weighted by Crippen LogP contribution is -2.26. The Kier molecular flexibility index (Phi) is 10.1. The zero-order valence-corrected chi connectivity index (χ0v) is 16.9. The molecule has 0 spiro atoms. The van der Waals surface area contributed by atoms with E-state index in [0.717, 1.165) is 64.2 Å². The fourth-order valence-corrected chi connectivity index (χ4v) is 4.01. The van der Waals surface area contributed by atoms with Gasteiger partial charge in [0.05, 0.1) is 5.60 Å². The molecule has 0 radical (unpaired) electrons. The molecule has 0 bridgehead atoms. The molecule has 0 heterocycles. The van der Waals surface area contributed by atoms with Crippen molar-refractivity contribution in [2.24, 2.45) is 11.8 Å². The Hall–Kier alpha value is -1.16. The summed E-state index contributed by atoms with van der Waals surface area (Å²) in [5, 5.41) is 19.2. The normalized spacial score (nSPS) is 22.2. The number of carbonyl (C=O) groups is 2. The van der Waals surface area contributed by atoms with E-state index in [4.69, 9.17) is 5.11 Å². The number of unbranched alkanes of at least 4 members (excludes halogenated alkanes) is 3. The highest BCUT2D eigenvalue weighted by Gasteiger charge is 2.35. The van der Waals surface area contributed by atoms with Gasteiger partial charge in [-0.2, -0.15) is 0 Å². The van der Waals surface area contributed by atoms with Crippen LogP contribution < -0.4 is 0 Å². The van der Waals surface area contributed by atoms with E-state index >= 15 is 0 Å². The molecule has 2 N–H and O–H groups in total. The summed E-state index contributed by atoms with van der Waals surface area (Å²) >= 11 is 0. The lowest BCUT2D eigenvalue weighted by atomic mass is 9.83. The van der Waals surface area contributed by atoms with Crippen LogP contribution in [0.2, 0.25) is 0 Å². The molecule has 150 valence electrons. The SMILES string of the molecule is CC(C)=CCCC(C)(O)CC[C@H]1CCC(=O)[C@@H]1CCCCCCC(=O)O. The summed E-state index contributed by atoms with van der Waals surface area (Å²) in [4.78, 5) is 22.7. The zero-order valence-electron chi connectivity index (χ0n) is 16.9. The minimum absolute atomic E-state index is 0.156. The quantitative estimate of drug-likeness (QED) is 0.343. The predicted octanol–water partition coefficient (Wildman–Crippen LogP) is 5.28. The van der Waals surface area contributed by atoms with Crippen LogP contribution in [0.15, 0.2) is 11.6 Å². The summed E-state index contributed by atoms with van der Waals surface area (Å²) in [5.41, 5.74) is 0.629. The highest BCUT2D eigenvalue weighted by atomic mass is 16.4. The molecule has 1 unspecified atom stereocenters. The molecule has 0 aromatic heterocycles. The van der Waals surface area contributed by atoms with E-state index in [0.29, 0.717) is 18.1 Å². The van der Waals surface area contributed by atoms with E-state index in [2.05, 4.69) is 19.9 Å². The third kappa shape index (κ3) is 9.51. The first kappa shape index (κ1) is 22.9. The van der Waals surface area contributed by atoms with Crippen molar-refractivity contribution in [3.63, 3.8) is 0 Å². The fraction of sp³-hybridized carbons (Fsp3) is 0.818. The van der Waals surface area contributed by atoms with Gasteiger partial charge in [-0.3, -0.25) is 9.59 Å². The molecule has 3 atom stereocenters. The van der Waals surface area contributed by atoms with Crippen LogP contribution in [0, 0.1) is 11.8 Å². The van der Waals surface area contributed by atoms with Crippen LogP contribution in [0.5, 0.6) is 0 Å². The number of hydrogen-bond donors (Lipinski definition) is 2. The number of aliphatic carboxylic acids is 1. The average molecular weight is 367 g/mol. The van der Waals surface area contributed by atoms with Gasteiger partial charge in [0.15, 0.2) is 0 Å². The molecule has 0 amide bonds. The first-order chi connectivity index (χ1) is 12.2. The molecule has 1 rings (SSSR count). The molecule has 1 saturated carbocycles. The number of hydrogen-bond acceptors (Lipinski definition) is 3. The second-order valence-corrected chi connectivity index (χ2v) is 8.57. The van der Waals surface area contributed by atoms with Crippen molar-refractivity contribution < 1.29 is 19.8 Å². The van der Waals surface area contributed by atoms with Crippen LogP contribution in [0.3, 0.4) is 0 Å². The smallest absolute Gasteiger partial charge is 0.303 e. The van der Waals surface area contributed by atoms with Gasteiger partial charge < -0.3 is 10.2 Å². The standard InChI is InChI=1S/C22H38O4/c1-17(2)9-8-15-22(3,26)16-14-18-12-13-20(23)19(18)10-6-4-5-7-11-21(24)25/h9,18-19,26H,4-8,10-16H2,1-3H3,(H,24,25)/t18-,19-,22?/m1/s1.